The van der Waals surface area contributed by atoms with Crippen molar-refractivity contribution in [1.29, 1.82) is 0 Å². The molecule has 4 N–H and O–H groups in total. The Hall–Kier alpha value is -4.94. The fraction of sp³-hybridized carbons (Fsp3) is 0.172. The van der Waals surface area contributed by atoms with Crippen molar-refractivity contribution in [3.63, 3.8) is 0 Å². The normalized spacial score (nSPS) is 14.0. The number of fused-ring (bicyclic) bond motifs is 2. The highest BCUT2D eigenvalue weighted by Crippen LogP contribution is 2.24. The summed E-state index contributed by atoms with van der Waals surface area (Å²) in [4.78, 5) is 31.7. The first-order chi connectivity index (χ1) is 18.5. The number of aromatic nitrogens is 4. The van der Waals surface area contributed by atoms with Crippen LogP contribution in [0.3, 0.4) is 0 Å². The van der Waals surface area contributed by atoms with Gasteiger partial charge in [0.15, 0.2) is 11.5 Å². The van der Waals surface area contributed by atoms with Gasteiger partial charge in [0, 0.05) is 48.3 Å². The second kappa shape index (κ2) is 9.50. The number of amides is 1. The number of nitrogens with zero attached hydrogens (tertiary/aromatic N) is 4. The maximum absolute atomic E-state index is 14.1. The summed E-state index contributed by atoms with van der Waals surface area (Å²) in [6.45, 7) is 3.56. The van der Waals surface area contributed by atoms with E-state index in [2.05, 4.69) is 32.6 Å². The molecule has 1 unspecified atom stereocenters. The lowest BCUT2D eigenvalue weighted by Gasteiger charge is -2.22. The molecule has 1 saturated heterocycles. The number of pyridine rings is 1. The highest BCUT2D eigenvalue weighted by atomic mass is 16.2. The second-order valence-electron chi connectivity index (χ2n) is 9.28. The molecular formula is C29H25N7O2. The molecule has 1 atom stereocenters. The topological polar surface area (TPSA) is 119 Å². The van der Waals surface area contributed by atoms with Gasteiger partial charge in [0.1, 0.15) is 5.56 Å². The number of carbonyl (C=O) groups is 1. The average molecular weight is 504 g/mol. The van der Waals surface area contributed by atoms with E-state index in [9.17, 15) is 9.59 Å². The van der Waals surface area contributed by atoms with Gasteiger partial charge in [-0.15, -0.1) is 5.10 Å². The molecule has 38 heavy (non-hydrogen) atoms. The van der Waals surface area contributed by atoms with E-state index in [0.717, 1.165) is 18.5 Å². The van der Waals surface area contributed by atoms with Gasteiger partial charge in [-0.1, -0.05) is 42.2 Å². The molecule has 9 heteroatoms. The predicted octanol–water partition coefficient (Wildman–Crippen LogP) is 2.68. The Labute approximate surface area is 218 Å². The van der Waals surface area contributed by atoms with Gasteiger partial charge in [0.25, 0.3) is 11.5 Å². The Kier molecular flexibility index (Phi) is 5.86. The molecule has 2 aromatic carbocycles. The van der Waals surface area contributed by atoms with E-state index >= 15 is 0 Å². The van der Waals surface area contributed by atoms with E-state index in [1.807, 2.05) is 61.5 Å². The van der Waals surface area contributed by atoms with Crippen LogP contribution in [0.4, 0.5) is 5.82 Å². The van der Waals surface area contributed by atoms with Crippen LogP contribution in [0, 0.1) is 17.8 Å². The second-order valence-corrected chi connectivity index (χ2v) is 9.28. The van der Waals surface area contributed by atoms with Crippen molar-refractivity contribution in [1.82, 2.24) is 29.8 Å². The van der Waals surface area contributed by atoms with Crippen molar-refractivity contribution >= 4 is 28.1 Å². The van der Waals surface area contributed by atoms with Crippen LogP contribution in [0.2, 0.25) is 0 Å². The number of rotatable bonds is 4. The zero-order valence-corrected chi connectivity index (χ0v) is 20.7. The molecule has 6 rings (SSSR count). The lowest BCUT2D eigenvalue weighted by molar-refractivity contribution is 0.0941. The first-order valence-corrected chi connectivity index (χ1v) is 12.4. The number of benzene rings is 2. The minimum absolute atomic E-state index is 0.0808. The highest BCUT2D eigenvalue weighted by molar-refractivity contribution is 6.04. The van der Waals surface area contributed by atoms with E-state index in [1.165, 1.54) is 4.52 Å². The van der Waals surface area contributed by atoms with Crippen LogP contribution in [0.25, 0.3) is 22.1 Å². The van der Waals surface area contributed by atoms with Gasteiger partial charge < -0.3 is 16.4 Å². The molecule has 4 heterocycles. The predicted molar refractivity (Wildman–Crippen MR) is 146 cm³/mol. The first-order valence-electron chi connectivity index (χ1n) is 12.4. The average Bonchev–Trinajstić information content (AvgIpc) is 3.23. The van der Waals surface area contributed by atoms with Crippen LogP contribution >= 0.6 is 0 Å². The molecule has 3 aromatic heterocycles. The number of hydrogen-bond acceptors (Lipinski definition) is 6. The molecular weight excluding hydrogens is 478 g/mol. The van der Waals surface area contributed by atoms with Gasteiger partial charge in [-0.05, 0) is 42.6 Å². The Bertz CT molecular complexity index is 1810. The maximum atomic E-state index is 14.1. The maximum Gasteiger partial charge on any atom is 0.264 e. The number of nitrogens with one attached hydrogen (secondary N) is 2. The first kappa shape index (κ1) is 23.5. The monoisotopic (exact) mass is 503 g/mol. The van der Waals surface area contributed by atoms with Crippen LogP contribution < -0.4 is 21.9 Å². The van der Waals surface area contributed by atoms with E-state index < -0.39 is 11.9 Å². The number of carbonyl (C=O) groups excluding carboxylic acids is 1. The molecule has 188 valence electrons. The summed E-state index contributed by atoms with van der Waals surface area (Å²) >= 11 is 0. The van der Waals surface area contributed by atoms with Crippen LogP contribution in [-0.4, -0.2) is 38.2 Å². The summed E-state index contributed by atoms with van der Waals surface area (Å²) in [6.07, 6.45) is 3.26. The Morgan fingerprint density at radius 2 is 1.97 bits per heavy atom. The molecule has 0 spiro atoms. The summed E-state index contributed by atoms with van der Waals surface area (Å²) in [5.74, 6) is 6.44. The zero-order valence-electron chi connectivity index (χ0n) is 20.7. The van der Waals surface area contributed by atoms with Crippen LogP contribution in [0.5, 0.6) is 0 Å². The molecule has 1 aliphatic heterocycles. The van der Waals surface area contributed by atoms with Crippen LogP contribution in [0.1, 0.15) is 34.6 Å². The van der Waals surface area contributed by atoms with Crippen molar-refractivity contribution in [2.24, 2.45) is 5.92 Å². The van der Waals surface area contributed by atoms with E-state index in [0.29, 0.717) is 28.0 Å². The SMILES string of the molecule is CC(NC(=O)c1c(N)nn2cccnc12)c1cc2cccc(C#CC3CNC3)c2c(=O)n1-c1ccccc1. The number of nitrogens with two attached hydrogens (primary N) is 1. The third kappa shape index (κ3) is 4.07. The van der Waals surface area contributed by atoms with E-state index in [1.54, 1.807) is 23.0 Å². The fourth-order valence-corrected chi connectivity index (χ4v) is 4.68. The smallest absolute Gasteiger partial charge is 0.264 e. The van der Waals surface area contributed by atoms with E-state index in [-0.39, 0.29) is 22.9 Å². The highest BCUT2D eigenvalue weighted by Gasteiger charge is 2.24. The van der Waals surface area contributed by atoms with Crippen molar-refractivity contribution < 1.29 is 4.79 Å². The van der Waals surface area contributed by atoms with Gasteiger partial charge in [-0.25, -0.2) is 9.50 Å². The molecule has 5 aromatic rings. The van der Waals surface area contributed by atoms with Crippen molar-refractivity contribution in [3.8, 4) is 17.5 Å². The van der Waals surface area contributed by atoms with E-state index in [4.69, 9.17) is 5.73 Å². The fourth-order valence-electron chi connectivity index (χ4n) is 4.68. The number of anilines is 1. The molecule has 1 aliphatic rings. The summed E-state index contributed by atoms with van der Waals surface area (Å²) in [7, 11) is 0. The van der Waals surface area contributed by atoms with Gasteiger partial charge >= 0.3 is 0 Å². The summed E-state index contributed by atoms with van der Waals surface area (Å²) in [5, 5.41) is 11.7. The van der Waals surface area contributed by atoms with Gasteiger partial charge in [0.05, 0.1) is 11.4 Å². The largest absolute Gasteiger partial charge is 0.381 e. The Morgan fingerprint density at radius 3 is 2.74 bits per heavy atom. The van der Waals surface area contributed by atoms with Gasteiger partial charge in [-0.2, -0.15) is 0 Å². The molecule has 1 fully saturated rings. The van der Waals surface area contributed by atoms with Crippen LogP contribution in [-0.2, 0) is 0 Å². The molecule has 0 bridgehead atoms. The zero-order chi connectivity index (χ0) is 26.2. The quantitative estimate of drug-likeness (QED) is 0.325. The van der Waals surface area contributed by atoms with Gasteiger partial charge in [0.2, 0.25) is 0 Å². The standard InChI is InChI=1S/C29H25N7O2/c1-18(33-28(37)25-26(30)34-35-14-6-13-32-27(25)35)23-15-21-8-5-7-20(12-11-19-16-31-17-19)24(21)29(38)36(23)22-9-3-2-4-10-22/h2-10,13-15,18-19,31H,16-17H2,1H3,(H2,30,34)(H,33,37). The third-order valence-corrected chi connectivity index (χ3v) is 6.72. The minimum Gasteiger partial charge on any atom is -0.381 e. The van der Waals surface area contributed by atoms with Crippen LogP contribution in [0.15, 0.2) is 77.9 Å². The molecule has 0 saturated carbocycles. The Balaban J connectivity index is 1.47. The number of nitrogen functional groups attached to an aromatic ring is 1. The Morgan fingerprint density at radius 1 is 1.16 bits per heavy atom. The molecule has 9 nitrogen and oxygen atoms in total. The van der Waals surface area contributed by atoms with Crippen molar-refractivity contribution in [3.05, 3.63) is 100 Å². The lowest BCUT2D eigenvalue weighted by atomic mass is 10.0. The summed E-state index contributed by atoms with van der Waals surface area (Å²) in [6, 6.07) is 18.1. The molecule has 0 radical (unpaired) electrons. The molecule has 1 amide bonds. The third-order valence-electron chi connectivity index (χ3n) is 6.72. The molecule has 0 aliphatic carbocycles. The minimum atomic E-state index is -0.548. The van der Waals surface area contributed by atoms with Gasteiger partial charge in [-0.3, -0.25) is 14.2 Å². The lowest BCUT2D eigenvalue weighted by Crippen LogP contribution is -2.40. The van der Waals surface area contributed by atoms with Crippen molar-refractivity contribution in [2.45, 2.75) is 13.0 Å². The van der Waals surface area contributed by atoms with Crippen molar-refractivity contribution in [2.75, 3.05) is 18.8 Å². The number of para-hydroxylation sites is 1. The summed E-state index contributed by atoms with van der Waals surface area (Å²) < 4.78 is 3.11. The summed E-state index contributed by atoms with van der Waals surface area (Å²) in [5.41, 5.74) is 8.43. The number of hydrogen-bond donors (Lipinski definition) is 3.